The lowest BCUT2D eigenvalue weighted by Gasteiger charge is -2.35. The molecule has 8 nitrogen and oxygen atoms in total. The van der Waals surface area contributed by atoms with Gasteiger partial charge in [0.1, 0.15) is 17.6 Å². The Labute approximate surface area is 157 Å². The monoisotopic (exact) mass is 366 g/mol. The number of carbonyl (C=O) groups excluding carboxylic acids is 1. The number of fused-ring (bicyclic) bond motifs is 1. The molecule has 0 radical (unpaired) electrons. The van der Waals surface area contributed by atoms with Crippen LogP contribution in [0.4, 0.5) is 5.82 Å². The molecule has 1 aromatic carbocycles. The number of piperazine rings is 1. The Balaban J connectivity index is 1.32. The van der Waals surface area contributed by atoms with Crippen LogP contribution in [-0.2, 0) is 11.2 Å². The third-order valence-corrected chi connectivity index (χ3v) is 4.92. The van der Waals surface area contributed by atoms with Crippen molar-refractivity contribution in [3.63, 3.8) is 0 Å². The molecule has 1 aliphatic heterocycles. The molecule has 0 spiro atoms. The van der Waals surface area contributed by atoms with E-state index >= 15 is 0 Å². The fourth-order valence-electron chi connectivity index (χ4n) is 3.36. The highest BCUT2D eigenvalue weighted by Crippen LogP contribution is 2.21. The van der Waals surface area contributed by atoms with E-state index < -0.39 is 0 Å². The molecule has 1 amide bonds. The van der Waals surface area contributed by atoms with E-state index in [9.17, 15) is 4.79 Å². The fraction of sp³-hybridized carbons (Fsp3) is 0.368. The van der Waals surface area contributed by atoms with Crippen LogP contribution in [0.25, 0.3) is 11.2 Å². The van der Waals surface area contributed by atoms with Crippen LogP contribution in [0.1, 0.15) is 12.0 Å². The van der Waals surface area contributed by atoms with Crippen molar-refractivity contribution in [1.29, 1.82) is 0 Å². The Morgan fingerprint density at radius 3 is 2.63 bits per heavy atom. The van der Waals surface area contributed by atoms with E-state index in [0.717, 1.165) is 42.2 Å². The fourth-order valence-corrected chi connectivity index (χ4v) is 3.36. The number of hydrogen-bond donors (Lipinski definition) is 1. The number of nitrogens with one attached hydrogen (secondary N) is 1. The number of nitrogens with zero attached hydrogens (tertiary/aromatic N) is 5. The zero-order valence-corrected chi connectivity index (χ0v) is 15.3. The number of amides is 1. The summed E-state index contributed by atoms with van der Waals surface area (Å²) in [4.78, 5) is 32.5. The molecule has 0 saturated carbocycles. The summed E-state index contributed by atoms with van der Waals surface area (Å²) in [5.74, 6) is 1.87. The largest absolute Gasteiger partial charge is 0.497 e. The highest BCUT2D eigenvalue weighted by atomic mass is 16.5. The van der Waals surface area contributed by atoms with Gasteiger partial charge in [-0.15, -0.1) is 0 Å². The van der Waals surface area contributed by atoms with Crippen molar-refractivity contribution >= 4 is 22.9 Å². The number of rotatable bonds is 5. The van der Waals surface area contributed by atoms with Gasteiger partial charge in [-0.3, -0.25) is 4.79 Å². The second-order valence-corrected chi connectivity index (χ2v) is 6.51. The number of hydrogen-bond acceptors (Lipinski definition) is 6. The number of benzene rings is 1. The topological polar surface area (TPSA) is 87.2 Å². The summed E-state index contributed by atoms with van der Waals surface area (Å²) in [5, 5.41) is 0. The Morgan fingerprint density at radius 2 is 1.89 bits per heavy atom. The van der Waals surface area contributed by atoms with Crippen LogP contribution < -0.4 is 9.64 Å². The summed E-state index contributed by atoms with van der Waals surface area (Å²) >= 11 is 0. The lowest BCUT2D eigenvalue weighted by molar-refractivity contribution is -0.131. The Bertz CT molecular complexity index is 915. The summed E-state index contributed by atoms with van der Waals surface area (Å²) in [6, 6.07) is 7.87. The van der Waals surface area contributed by atoms with Crippen molar-refractivity contribution in [2.24, 2.45) is 0 Å². The Kier molecular flexibility index (Phi) is 4.86. The van der Waals surface area contributed by atoms with Gasteiger partial charge in [0.15, 0.2) is 11.5 Å². The smallest absolute Gasteiger partial charge is 0.223 e. The number of aromatic amines is 1. The van der Waals surface area contributed by atoms with Gasteiger partial charge in [0.25, 0.3) is 0 Å². The number of carbonyl (C=O) groups is 1. The molecule has 0 atom stereocenters. The minimum atomic E-state index is 0.194. The number of aromatic nitrogens is 4. The molecule has 0 unspecified atom stereocenters. The predicted molar refractivity (Wildman–Crippen MR) is 102 cm³/mol. The van der Waals surface area contributed by atoms with E-state index in [1.165, 1.54) is 6.33 Å². The molecule has 2 aromatic heterocycles. The molecule has 0 bridgehead atoms. The second kappa shape index (κ2) is 7.61. The number of imidazole rings is 1. The zero-order valence-electron chi connectivity index (χ0n) is 15.3. The van der Waals surface area contributed by atoms with Crippen molar-refractivity contribution in [2.45, 2.75) is 12.8 Å². The molecule has 1 aliphatic rings. The average molecular weight is 366 g/mol. The van der Waals surface area contributed by atoms with Crippen LogP contribution in [0, 0.1) is 0 Å². The van der Waals surface area contributed by atoms with Gasteiger partial charge in [-0.1, -0.05) is 12.1 Å². The van der Waals surface area contributed by atoms with E-state index in [2.05, 4.69) is 24.8 Å². The Morgan fingerprint density at radius 1 is 1.11 bits per heavy atom. The first-order chi connectivity index (χ1) is 13.2. The van der Waals surface area contributed by atoms with Crippen LogP contribution in [0.15, 0.2) is 36.9 Å². The van der Waals surface area contributed by atoms with Crippen molar-refractivity contribution < 1.29 is 9.53 Å². The van der Waals surface area contributed by atoms with Gasteiger partial charge < -0.3 is 19.5 Å². The highest BCUT2D eigenvalue weighted by molar-refractivity contribution is 5.83. The van der Waals surface area contributed by atoms with E-state index in [0.29, 0.717) is 25.2 Å². The van der Waals surface area contributed by atoms with Crippen LogP contribution in [-0.4, -0.2) is 64.0 Å². The second-order valence-electron chi connectivity index (χ2n) is 6.51. The lowest BCUT2D eigenvalue weighted by atomic mass is 10.1. The van der Waals surface area contributed by atoms with E-state index in [1.807, 2.05) is 29.2 Å². The van der Waals surface area contributed by atoms with Gasteiger partial charge in [-0.2, -0.15) is 0 Å². The number of ether oxygens (including phenoxy) is 1. The van der Waals surface area contributed by atoms with Gasteiger partial charge in [0.2, 0.25) is 5.91 Å². The van der Waals surface area contributed by atoms with Gasteiger partial charge in [0.05, 0.1) is 13.4 Å². The number of methoxy groups -OCH3 is 1. The predicted octanol–water partition coefficient (Wildman–Crippen LogP) is 1.64. The molecule has 1 fully saturated rings. The molecular formula is C19H22N6O2. The number of anilines is 1. The van der Waals surface area contributed by atoms with Crippen molar-refractivity contribution in [1.82, 2.24) is 24.8 Å². The summed E-state index contributed by atoms with van der Waals surface area (Å²) < 4.78 is 5.16. The summed E-state index contributed by atoms with van der Waals surface area (Å²) in [6.45, 7) is 2.89. The van der Waals surface area contributed by atoms with Crippen molar-refractivity contribution in [2.75, 3.05) is 38.2 Å². The highest BCUT2D eigenvalue weighted by Gasteiger charge is 2.23. The van der Waals surface area contributed by atoms with Crippen molar-refractivity contribution in [3.05, 3.63) is 42.5 Å². The van der Waals surface area contributed by atoms with E-state index in [-0.39, 0.29) is 5.91 Å². The van der Waals surface area contributed by atoms with Crippen LogP contribution in [0.2, 0.25) is 0 Å². The van der Waals surface area contributed by atoms with E-state index in [4.69, 9.17) is 4.74 Å². The standard InChI is InChI=1S/C19H22N6O2/c1-27-15-5-2-14(3-6-15)4-7-16(26)24-8-10-25(11-9-24)19-17-18(21-12-20-17)22-13-23-19/h2-3,5-6,12-13H,4,7-11H2,1H3,(H,20,21,22,23). The van der Waals surface area contributed by atoms with Crippen LogP contribution in [0.5, 0.6) is 5.75 Å². The maximum Gasteiger partial charge on any atom is 0.223 e. The molecule has 4 rings (SSSR count). The van der Waals surface area contributed by atoms with Gasteiger partial charge in [0, 0.05) is 32.6 Å². The molecule has 1 N–H and O–H groups in total. The molecule has 1 saturated heterocycles. The zero-order chi connectivity index (χ0) is 18.6. The molecule has 27 heavy (non-hydrogen) atoms. The maximum absolute atomic E-state index is 12.5. The first-order valence-electron chi connectivity index (χ1n) is 9.04. The summed E-state index contributed by atoms with van der Waals surface area (Å²) in [7, 11) is 1.65. The average Bonchev–Trinajstić information content (AvgIpc) is 3.21. The Hall–Kier alpha value is -3.16. The third kappa shape index (κ3) is 3.69. The molecule has 3 heterocycles. The lowest BCUT2D eigenvalue weighted by Crippen LogP contribution is -2.49. The van der Waals surface area contributed by atoms with Crippen molar-refractivity contribution in [3.8, 4) is 5.75 Å². The molecule has 8 heteroatoms. The van der Waals surface area contributed by atoms with E-state index in [1.54, 1.807) is 13.4 Å². The molecular weight excluding hydrogens is 344 g/mol. The molecule has 0 aliphatic carbocycles. The minimum Gasteiger partial charge on any atom is -0.497 e. The quantitative estimate of drug-likeness (QED) is 0.739. The first-order valence-corrected chi connectivity index (χ1v) is 9.04. The molecule has 140 valence electrons. The molecule has 3 aromatic rings. The SMILES string of the molecule is COc1ccc(CCC(=O)N2CCN(c3ncnc4nc[nH]c34)CC2)cc1. The number of aryl methyl sites for hydroxylation is 1. The van der Waals surface area contributed by atoms with Gasteiger partial charge in [-0.05, 0) is 24.1 Å². The summed E-state index contributed by atoms with van der Waals surface area (Å²) in [6.07, 6.45) is 4.42. The van der Waals surface area contributed by atoms with Gasteiger partial charge in [-0.25, -0.2) is 15.0 Å². The first kappa shape index (κ1) is 17.3. The maximum atomic E-state index is 12.5. The third-order valence-electron chi connectivity index (χ3n) is 4.92. The van der Waals surface area contributed by atoms with Gasteiger partial charge >= 0.3 is 0 Å². The summed E-state index contributed by atoms with van der Waals surface area (Å²) in [5.41, 5.74) is 2.65. The van der Waals surface area contributed by atoms with Crippen LogP contribution >= 0.6 is 0 Å². The minimum absolute atomic E-state index is 0.194. The van der Waals surface area contributed by atoms with Crippen LogP contribution in [0.3, 0.4) is 0 Å². The number of H-pyrrole nitrogens is 1. The normalized spacial score (nSPS) is 14.6.